The van der Waals surface area contributed by atoms with Gasteiger partial charge in [-0.15, -0.1) is 0 Å². The minimum atomic E-state index is -4.46. The fraction of sp³-hybridized carbons (Fsp3) is 0.474. The molecule has 1 unspecified atom stereocenters. The van der Waals surface area contributed by atoms with Crippen LogP contribution in [0.5, 0.6) is 0 Å². The van der Waals surface area contributed by atoms with Crippen LogP contribution in [-0.4, -0.2) is 50.7 Å². The van der Waals surface area contributed by atoms with E-state index in [1.54, 1.807) is 13.0 Å². The summed E-state index contributed by atoms with van der Waals surface area (Å²) in [5.41, 5.74) is -1.20. The van der Waals surface area contributed by atoms with Crippen molar-refractivity contribution in [1.29, 1.82) is 0 Å². The first-order valence-electron chi connectivity index (χ1n) is 9.23. The lowest BCUT2D eigenvalue weighted by atomic mass is 9.87. The Hall–Kier alpha value is -2.69. The zero-order valence-electron chi connectivity index (χ0n) is 16.6. The monoisotopic (exact) mass is 442 g/mol. The average Bonchev–Trinajstić information content (AvgIpc) is 3.28. The van der Waals surface area contributed by atoms with Crippen molar-refractivity contribution in [1.82, 2.24) is 14.9 Å². The Balaban J connectivity index is 1.84. The van der Waals surface area contributed by atoms with Crippen molar-refractivity contribution in [3.05, 3.63) is 29.7 Å². The number of carbonyl (C=O) groups is 2. The summed E-state index contributed by atoms with van der Waals surface area (Å²) in [5.74, 6) is -1.06. The van der Waals surface area contributed by atoms with Crippen molar-refractivity contribution >= 4 is 28.5 Å². The maximum atomic E-state index is 13.4. The molecule has 1 atom stereocenters. The van der Waals surface area contributed by atoms with Crippen LogP contribution in [0.2, 0.25) is 0 Å². The van der Waals surface area contributed by atoms with Crippen LogP contribution in [0.25, 0.3) is 10.4 Å². The topological polar surface area (TPSA) is 95.4 Å². The smallest absolute Gasteiger partial charge is 0.399 e. The number of pyridine rings is 1. The number of carboxylic acids is 1. The standard InChI is InChI=1S/C19H21F3N4O3S/c1-10-14(11-6-7-23-13(9-11)18(2,3)19(20,21)22)30-16(24-10)25-17(29)26-8-4-5-12(26)15(27)28/h6-7,9,12H,4-5,8H2,1-3H3,(H,27,28)(H,24,25,29). The van der Waals surface area contributed by atoms with Crippen molar-refractivity contribution in [2.75, 3.05) is 11.9 Å². The summed E-state index contributed by atoms with van der Waals surface area (Å²) in [6.07, 6.45) is -2.16. The number of anilines is 1. The van der Waals surface area contributed by atoms with Crippen molar-refractivity contribution in [2.45, 2.75) is 51.2 Å². The van der Waals surface area contributed by atoms with Gasteiger partial charge in [-0.3, -0.25) is 10.3 Å². The van der Waals surface area contributed by atoms with Crippen LogP contribution in [0.4, 0.5) is 23.1 Å². The molecule has 0 aromatic carbocycles. The number of aryl methyl sites for hydroxylation is 1. The van der Waals surface area contributed by atoms with Crippen LogP contribution < -0.4 is 5.32 Å². The number of aromatic nitrogens is 2. The molecule has 3 heterocycles. The first-order valence-corrected chi connectivity index (χ1v) is 10.0. The summed E-state index contributed by atoms with van der Waals surface area (Å²) in [7, 11) is 0. The highest BCUT2D eigenvalue weighted by Gasteiger charge is 2.49. The van der Waals surface area contributed by atoms with E-state index in [0.717, 1.165) is 25.2 Å². The lowest BCUT2D eigenvalue weighted by molar-refractivity contribution is -0.181. The molecule has 2 N–H and O–H groups in total. The number of hydrogen-bond donors (Lipinski definition) is 2. The molecule has 0 bridgehead atoms. The van der Waals surface area contributed by atoms with Gasteiger partial charge in [0.15, 0.2) is 5.13 Å². The molecule has 1 aliphatic rings. The van der Waals surface area contributed by atoms with E-state index < -0.39 is 29.6 Å². The molecule has 2 aromatic heterocycles. The first-order chi connectivity index (χ1) is 13.9. The third-order valence-corrected chi connectivity index (χ3v) is 6.30. The van der Waals surface area contributed by atoms with Crippen molar-refractivity contribution in [3.8, 4) is 10.4 Å². The van der Waals surface area contributed by atoms with Gasteiger partial charge in [-0.25, -0.2) is 14.6 Å². The van der Waals surface area contributed by atoms with Crippen LogP contribution in [0.3, 0.4) is 0 Å². The number of likely N-dealkylation sites (tertiary alicyclic amines) is 1. The number of alkyl halides is 3. The lowest BCUT2D eigenvalue weighted by Crippen LogP contribution is -2.42. The molecule has 3 rings (SSSR count). The van der Waals surface area contributed by atoms with Crippen molar-refractivity contribution in [3.63, 3.8) is 0 Å². The average molecular weight is 442 g/mol. The molecule has 0 saturated carbocycles. The Labute approximate surface area is 175 Å². The van der Waals surface area contributed by atoms with Gasteiger partial charge in [0.1, 0.15) is 11.5 Å². The molecule has 1 fully saturated rings. The zero-order chi connectivity index (χ0) is 22.3. The normalized spacial score (nSPS) is 17.3. The van der Waals surface area contributed by atoms with Crippen LogP contribution in [0, 0.1) is 6.92 Å². The molecule has 0 radical (unpaired) electrons. The number of urea groups is 1. The number of amides is 2. The molecule has 162 valence electrons. The largest absolute Gasteiger partial charge is 0.480 e. The SMILES string of the molecule is Cc1nc(NC(=O)N2CCCC2C(=O)O)sc1-c1ccnc(C(C)(C)C(F)(F)F)c1. The van der Waals surface area contributed by atoms with E-state index in [1.807, 2.05) is 0 Å². The zero-order valence-corrected chi connectivity index (χ0v) is 17.4. The number of hydrogen-bond acceptors (Lipinski definition) is 5. The van der Waals surface area contributed by atoms with E-state index in [4.69, 9.17) is 0 Å². The summed E-state index contributed by atoms with van der Waals surface area (Å²) in [4.78, 5) is 33.8. The van der Waals surface area contributed by atoms with E-state index in [1.165, 1.54) is 17.2 Å². The molecule has 0 spiro atoms. The molecule has 1 saturated heterocycles. The van der Waals surface area contributed by atoms with Crippen molar-refractivity contribution in [2.24, 2.45) is 0 Å². The maximum Gasteiger partial charge on any atom is 0.399 e. The van der Waals surface area contributed by atoms with Gasteiger partial charge in [-0.1, -0.05) is 11.3 Å². The van der Waals surface area contributed by atoms with Gasteiger partial charge in [0.2, 0.25) is 0 Å². The van der Waals surface area contributed by atoms with Crippen LogP contribution in [0.15, 0.2) is 18.3 Å². The predicted octanol–water partition coefficient (Wildman–Crippen LogP) is 4.43. The van der Waals surface area contributed by atoms with E-state index in [-0.39, 0.29) is 10.8 Å². The van der Waals surface area contributed by atoms with Crippen LogP contribution in [-0.2, 0) is 10.2 Å². The molecular formula is C19H21F3N4O3S. The fourth-order valence-electron chi connectivity index (χ4n) is 3.21. The third-order valence-electron chi connectivity index (χ3n) is 5.18. The Bertz CT molecular complexity index is 974. The van der Waals surface area contributed by atoms with Gasteiger partial charge in [0, 0.05) is 12.7 Å². The third kappa shape index (κ3) is 4.11. The molecular weight excluding hydrogens is 421 g/mol. The van der Waals surface area contributed by atoms with Gasteiger partial charge in [0.05, 0.1) is 16.3 Å². The highest BCUT2D eigenvalue weighted by atomic mass is 32.1. The van der Waals surface area contributed by atoms with E-state index >= 15 is 0 Å². The van der Waals surface area contributed by atoms with Crippen molar-refractivity contribution < 1.29 is 27.9 Å². The summed E-state index contributed by atoms with van der Waals surface area (Å²) in [5, 5.41) is 12.1. The number of aliphatic carboxylic acids is 1. The number of thiazole rings is 1. The minimum absolute atomic E-state index is 0.118. The number of carboxylic acid groups (broad SMARTS) is 1. The molecule has 1 aliphatic heterocycles. The second kappa shape index (κ2) is 7.86. The predicted molar refractivity (Wildman–Crippen MR) is 106 cm³/mol. The quantitative estimate of drug-likeness (QED) is 0.730. The van der Waals surface area contributed by atoms with Crippen LogP contribution in [0.1, 0.15) is 38.1 Å². The summed E-state index contributed by atoms with van der Waals surface area (Å²) >= 11 is 1.11. The second-order valence-corrected chi connectivity index (χ2v) is 8.60. The molecule has 2 amide bonds. The minimum Gasteiger partial charge on any atom is -0.480 e. The Morgan fingerprint density at radius 2 is 2.03 bits per heavy atom. The van der Waals surface area contributed by atoms with Crippen LogP contribution >= 0.6 is 11.3 Å². The number of rotatable bonds is 4. The van der Waals surface area contributed by atoms with Gasteiger partial charge >= 0.3 is 18.2 Å². The highest BCUT2D eigenvalue weighted by molar-refractivity contribution is 7.19. The number of nitrogens with zero attached hydrogens (tertiary/aromatic N) is 3. The molecule has 2 aromatic rings. The van der Waals surface area contributed by atoms with Gasteiger partial charge in [-0.2, -0.15) is 13.2 Å². The Morgan fingerprint density at radius 3 is 2.67 bits per heavy atom. The Kier molecular flexibility index (Phi) is 5.76. The summed E-state index contributed by atoms with van der Waals surface area (Å²) in [6, 6.07) is 1.52. The van der Waals surface area contributed by atoms with Gasteiger partial charge in [0.25, 0.3) is 0 Å². The van der Waals surface area contributed by atoms with E-state index in [2.05, 4.69) is 15.3 Å². The Morgan fingerprint density at radius 1 is 1.33 bits per heavy atom. The summed E-state index contributed by atoms with van der Waals surface area (Å²) < 4.78 is 40.1. The second-order valence-electron chi connectivity index (χ2n) is 7.61. The number of carbonyl (C=O) groups excluding carboxylic acids is 1. The van der Waals surface area contributed by atoms with E-state index in [0.29, 0.717) is 35.5 Å². The first kappa shape index (κ1) is 22.0. The molecule has 0 aliphatic carbocycles. The lowest BCUT2D eigenvalue weighted by Gasteiger charge is -2.27. The van der Waals surface area contributed by atoms with Gasteiger partial charge < -0.3 is 10.0 Å². The highest BCUT2D eigenvalue weighted by Crippen LogP contribution is 2.41. The molecule has 11 heteroatoms. The maximum absolute atomic E-state index is 13.4. The number of nitrogens with one attached hydrogen (secondary N) is 1. The molecule has 30 heavy (non-hydrogen) atoms. The van der Waals surface area contributed by atoms with Gasteiger partial charge in [-0.05, 0) is 51.3 Å². The summed E-state index contributed by atoms with van der Waals surface area (Å²) in [6.45, 7) is 4.16. The number of halogens is 3. The van der Waals surface area contributed by atoms with E-state index in [9.17, 15) is 27.9 Å². The fourth-order valence-corrected chi connectivity index (χ4v) is 4.16. The molecule has 7 nitrogen and oxygen atoms in total.